The number of fused-ring (bicyclic) bond motifs is 1. The quantitative estimate of drug-likeness (QED) is 0.942. The number of nitrogens with zero attached hydrogens (tertiary/aromatic N) is 1. The summed E-state index contributed by atoms with van der Waals surface area (Å²) in [5.41, 5.74) is 3.40. The van der Waals surface area contributed by atoms with Crippen molar-refractivity contribution in [2.75, 3.05) is 6.54 Å². The maximum absolute atomic E-state index is 12.7. The molecule has 1 atom stereocenters. The molecule has 0 aliphatic heterocycles. The van der Waals surface area contributed by atoms with Crippen molar-refractivity contribution in [2.24, 2.45) is 5.92 Å². The largest absolute Gasteiger partial charge is 0.356 e. The van der Waals surface area contributed by atoms with E-state index in [1.54, 1.807) is 0 Å². The second-order valence-electron chi connectivity index (χ2n) is 6.85. The highest BCUT2D eigenvalue weighted by molar-refractivity contribution is 5.80. The smallest absolute Gasteiger partial charge is 0.224 e. The SMILES string of the molecule is CC1(C)c2ncccc2CCC1C(=O)NCCc1ccccc1. The number of hydrogen-bond acceptors (Lipinski definition) is 2. The maximum atomic E-state index is 12.7. The van der Waals surface area contributed by atoms with Gasteiger partial charge in [0.05, 0.1) is 0 Å². The monoisotopic (exact) mass is 308 g/mol. The van der Waals surface area contributed by atoms with Crippen LogP contribution in [0.15, 0.2) is 48.7 Å². The first-order valence-electron chi connectivity index (χ1n) is 8.35. The minimum atomic E-state index is -0.217. The molecule has 1 amide bonds. The Balaban J connectivity index is 1.64. The maximum Gasteiger partial charge on any atom is 0.224 e. The summed E-state index contributed by atoms with van der Waals surface area (Å²) in [6.45, 7) is 4.96. The number of carbonyl (C=O) groups is 1. The summed E-state index contributed by atoms with van der Waals surface area (Å²) in [6.07, 6.45) is 4.52. The van der Waals surface area contributed by atoms with Crippen LogP contribution >= 0.6 is 0 Å². The lowest BCUT2D eigenvalue weighted by molar-refractivity contribution is -0.127. The van der Waals surface area contributed by atoms with Crippen molar-refractivity contribution in [3.05, 3.63) is 65.5 Å². The van der Waals surface area contributed by atoms with Gasteiger partial charge in [0.2, 0.25) is 5.91 Å². The molecule has 1 aromatic heterocycles. The van der Waals surface area contributed by atoms with Crippen molar-refractivity contribution in [1.29, 1.82) is 0 Å². The van der Waals surface area contributed by atoms with Crippen molar-refractivity contribution >= 4 is 5.91 Å². The zero-order chi connectivity index (χ0) is 16.3. The number of nitrogens with one attached hydrogen (secondary N) is 1. The van der Waals surface area contributed by atoms with E-state index in [0.29, 0.717) is 6.54 Å². The van der Waals surface area contributed by atoms with Gasteiger partial charge < -0.3 is 5.32 Å². The molecule has 0 spiro atoms. The molecule has 0 saturated carbocycles. The fourth-order valence-corrected chi connectivity index (χ4v) is 3.60. The second-order valence-corrected chi connectivity index (χ2v) is 6.85. The molecule has 3 nitrogen and oxygen atoms in total. The summed E-state index contributed by atoms with van der Waals surface area (Å²) >= 11 is 0. The van der Waals surface area contributed by atoms with Crippen LogP contribution in [0.25, 0.3) is 0 Å². The van der Waals surface area contributed by atoms with Gasteiger partial charge >= 0.3 is 0 Å². The molecule has 1 aliphatic rings. The van der Waals surface area contributed by atoms with Gasteiger partial charge in [0.25, 0.3) is 0 Å². The summed E-state index contributed by atoms with van der Waals surface area (Å²) in [5, 5.41) is 3.12. The molecule has 0 bridgehead atoms. The lowest BCUT2D eigenvalue weighted by Crippen LogP contribution is -2.45. The third kappa shape index (κ3) is 3.29. The van der Waals surface area contributed by atoms with E-state index in [4.69, 9.17) is 0 Å². The van der Waals surface area contributed by atoms with Gasteiger partial charge in [-0.25, -0.2) is 0 Å². The van der Waals surface area contributed by atoms with Crippen LogP contribution in [0, 0.1) is 5.92 Å². The number of aromatic nitrogens is 1. The van der Waals surface area contributed by atoms with E-state index < -0.39 is 0 Å². The highest BCUT2D eigenvalue weighted by Crippen LogP contribution is 2.39. The van der Waals surface area contributed by atoms with Gasteiger partial charge in [-0.1, -0.05) is 50.2 Å². The minimum Gasteiger partial charge on any atom is -0.356 e. The summed E-state index contributed by atoms with van der Waals surface area (Å²) in [6, 6.07) is 14.4. The summed E-state index contributed by atoms with van der Waals surface area (Å²) in [7, 11) is 0. The first-order chi connectivity index (χ1) is 11.1. The van der Waals surface area contributed by atoms with Gasteiger partial charge in [-0.2, -0.15) is 0 Å². The van der Waals surface area contributed by atoms with Crippen molar-refractivity contribution in [3.63, 3.8) is 0 Å². The van der Waals surface area contributed by atoms with Gasteiger partial charge in [0.1, 0.15) is 0 Å². The first-order valence-corrected chi connectivity index (χ1v) is 8.35. The molecule has 1 heterocycles. The topological polar surface area (TPSA) is 42.0 Å². The molecule has 1 unspecified atom stereocenters. The zero-order valence-corrected chi connectivity index (χ0v) is 13.9. The van der Waals surface area contributed by atoms with Crippen LogP contribution in [-0.2, 0) is 23.1 Å². The molecule has 1 aliphatic carbocycles. The van der Waals surface area contributed by atoms with Crippen molar-refractivity contribution in [3.8, 4) is 0 Å². The van der Waals surface area contributed by atoms with Gasteiger partial charge in [-0.15, -0.1) is 0 Å². The highest BCUT2D eigenvalue weighted by Gasteiger charge is 2.41. The Hall–Kier alpha value is -2.16. The first kappa shape index (κ1) is 15.7. The predicted molar refractivity (Wildman–Crippen MR) is 92.2 cm³/mol. The van der Waals surface area contributed by atoms with E-state index in [-0.39, 0.29) is 17.2 Å². The molecule has 120 valence electrons. The lowest BCUT2D eigenvalue weighted by Gasteiger charge is -2.38. The van der Waals surface area contributed by atoms with Crippen molar-refractivity contribution < 1.29 is 4.79 Å². The molecule has 0 fully saturated rings. The Morgan fingerprint density at radius 2 is 2.00 bits per heavy atom. The van der Waals surface area contributed by atoms with E-state index in [1.807, 2.05) is 30.5 Å². The Morgan fingerprint density at radius 3 is 2.78 bits per heavy atom. The highest BCUT2D eigenvalue weighted by atomic mass is 16.1. The standard InChI is InChI=1S/C20H24N2O/c1-20(2)17(11-10-16-9-6-13-21-18(16)20)19(23)22-14-12-15-7-4-3-5-8-15/h3-9,13,17H,10-12,14H2,1-2H3,(H,22,23). The number of aryl methyl sites for hydroxylation is 1. The average Bonchev–Trinajstić information content (AvgIpc) is 2.56. The van der Waals surface area contributed by atoms with Gasteiger partial charge in [-0.05, 0) is 36.5 Å². The molecular weight excluding hydrogens is 284 g/mol. The number of benzene rings is 1. The van der Waals surface area contributed by atoms with Crippen LogP contribution in [0.3, 0.4) is 0 Å². The zero-order valence-electron chi connectivity index (χ0n) is 13.9. The molecule has 0 saturated heterocycles. The molecule has 23 heavy (non-hydrogen) atoms. The number of rotatable bonds is 4. The van der Waals surface area contributed by atoms with Crippen LogP contribution in [0.1, 0.15) is 37.1 Å². The van der Waals surface area contributed by atoms with Gasteiger partial charge in [0.15, 0.2) is 0 Å². The lowest BCUT2D eigenvalue weighted by atomic mass is 9.67. The predicted octanol–water partition coefficient (Wildman–Crippen LogP) is 3.28. The Morgan fingerprint density at radius 1 is 1.22 bits per heavy atom. The summed E-state index contributed by atoms with van der Waals surface area (Å²) in [4.78, 5) is 17.2. The molecule has 3 heteroatoms. The normalized spacial score (nSPS) is 19.0. The average molecular weight is 308 g/mol. The summed E-state index contributed by atoms with van der Waals surface area (Å²) in [5.74, 6) is 0.142. The summed E-state index contributed by atoms with van der Waals surface area (Å²) < 4.78 is 0. The molecule has 2 aromatic rings. The fourth-order valence-electron chi connectivity index (χ4n) is 3.60. The molecular formula is C20H24N2O. The van der Waals surface area contributed by atoms with Gasteiger partial charge in [-0.3, -0.25) is 9.78 Å². The van der Waals surface area contributed by atoms with Crippen LogP contribution in [-0.4, -0.2) is 17.4 Å². The third-order valence-corrected chi connectivity index (χ3v) is 4.95. The molecule has 1 aromatic carbocycles. The Labute approximate surface area is 138 Å². The Bertz CT molecular complexity index is 679. The minimum absolute atomic E-state index is 0.0133. The van der Waals surface area contributed by atoms with E-state index in [2.05, 4.69) is 42.3 Å². The molecule has 0 radical (unpaired) electrons. The fraction of sp³-hybridized carbons (Fsp3) is 0.400. The van der Waals surface area contributed by atoms with Crippen molar-refractivity contribution in [1.82, 2.24) is 10.3 Å². The number of carbonyl (C=O) groups excluding carboxylic acids is 1. The van der Waals surface area contributed by atoms with E-state index >= 15 is 0 Å². The van der Waals surface area contributed by atoms with Crippen LogP contribution in [0.2, 0.25) is 0 Å². The molecule has 3 rings (SSSR count). The van der Waals surface area contributed by atoms with Crippen molar-refractivity contribution in [2.45, 2.75) is 38.5 Å². The van der Waals surface area contributed by atoms with E-state index in [1.165, 1.54) is 11.1 Å². The number of pyridine rings is 1. The molecule has 1 N–H and O–H groups in total. The third-order valence-electron chi connectivity index (χ3n) is 4.95. The second kappa shape index (κ2) is 6.53. The van der Waals surface area contributed by atoms with Crippen LogP contribution in [0.4, 0.5) is 0 Å². The Kier molecular flexibility index (Phi) is 4.46. The van der Waals surface area contributed by atoms with Gasteiger partial charge in [0, 0.05) is 29.8 Å². The van der Waals surface area contributed by atoms with E-state index in [0.717, 1.165) is 25.0 Å². The number of hydrogen-bond donors (Lipinski definition) is 1. The van der Waals surface area contributed by atoms with Crippen LogP contribution in [0.5, 0.6) is 0 Å². The number of amides is 1. The van der Waals surface area contributed by atoms with Crippen LogP contribution < -0.4 is 5.32 Å². The van der Waals surface area contributed by atoms with E-state index in [9.17, 15) is 4.79 Å².